The lowest BCUT2D eigenvalue weighted by Crippen LogP contribution is -2.03. The van der Waals surface area contributed by atoms with Crippen molar-refractivity contribution < 1.29 is 17.6 Å². The maximum atomic E-state index is 12.5. The number of hydrogen-bond acceptors (Lipinski definition) is 2. The molecule has 1 aromatic heterocycles. The summed E-state index contributed by atoms with van der Waals surface area (Å²) >= 11 is 0. The van der Waals surface area contributed by atoms with E-state index in [1.54, 1.807) is 0 Å². The van der Waals surface area contributed by atoms with Gasteiger partial charge < -0.3 is 4.42 Å². The van der Waals surface area contributed by atoms with Crippen LogP contribution in [-0.4, -0.2) is 4.98 Å². The van der Waals surface area contributed by atoms with Crippen LogP contribution in [0.3, 0.4) is 0 Å². The van der Waals surface area contributed by atoms with Crippen LogP contribution < -0.4 is 0 Å². The van der Waals surface area contributed by atoms with Crippen molar-refractivity contribution >= 4 is 0 Å². The number of hydrogen-bond donors (Lipinski definition) is 0. The highest BCUT2D eigenvalue weighted by molar-refractivity contribution is 5.54. The molecule has 2 nitrogen and oxygen atoms in total. The van der Waals surface area contributed by atoms with Gasteiger partial charge in [0.25, 0.3) is 0 Å². The van der Waals surface area contributed by atoms with Crippen LogP contribution in [0.25, 0.3) is 11.5 Å². The Bertz CT molecular complexity index is 584. The third-order valence-corrected chi connectivity index (χ3v) is 3.35. The molecule has 0 aliphatic heterocycles. The van der Waals surface area contributed by atoms with E-state index in [0.717, 1.165) is 30.0 Å². The van der Waals surface area contributed by atoms with E-state index in [0.29, 0.717) is 11.5 Å². The Hall–Kier alpha value is -1.78. The average molecular weight is 283 g/mol. The van der Waals surface area contributed by atoms with Crippen LogP contribution in [0, 0.1) is 6.92 Å². The lowest BCUT2D eigenvalue weighted by atomic mass is 10.1. The van der Waals surface area contributed by atoms with Gasteiger partial charge in [-0.05, 0) is 37.6 Å². The molecule has 0 N–H and O–H groups in total. The summed E-state index contributed by atoms with van der Waals surface area (Å²) < 4.78 is 43.2. The van der Waals surface area contributed by atoms with Gasteiger partial charge >= 0.3 is 6.18 Å². The zero-order chi connectivity index (χ0) is 14.9. The number of oxazole rings is 1. The van der Waals surface area contributed by atoms with Crippen molar-refractivity contribution in [2.75, 3.05) is 0 Å². The maximum absolute atomic E-state index is 12.5. The summed E-state index contributed by atoms with van der Waals surface area (Å²) in [5.41, 5.74) is 0.663. The van der Waals surface area contributed by atoms with E-state index in [-0.39, 0.29) is 5.92 Å². The van der Waals surface area contributed by atoms with Gasteiger partial charge in [0.1, 0.15) is 5.76 Å². The molecule has 0 radical (unpaired) electrons. The Morgan fingerprint density at radius 2 is 1.80 bits per heavy atom. The second-order valence-corrected chi connectivity index (χ2v) is 4.85. The minimum Gasteiger partial charge on any atom is -0.441 e. The topological polar surface area (TPSA) is 26.0 Å². The number of alkyl halides is 3. The van der Waals surface area contributed by atoms with Crippen molar-refractivity contribution in [3.05, 3.63) is 41.3 Å². The summed E-state index contributed by atoms with van der Waals surface area (Å²) in [6.07, 6.45) is -3.41. The summed E-state index contributed by atoms with van der Waals surface area (Å²) in [6, 6.07) is 4.85. The number of aryl methyl sites for hydroxylation is 1. The fourth-order valence-corrected chi connectivity index (χ4v) is 1.98. The van der Waals surface area contributed by atoms with E-state index in [4.69, 9.17) is 4.42 Å². The second kappa shape index (κ2) is 5.31. The van der Waals surface area contributed by atoms with E-state index >= 15 is 0 Å². The molecule has 0 aliphatic carbocycles. The summed E-state index contributed by atoms with van der Waals surface area (Å²) in [7, 11) is 0. The second-order valence-electron chi connectivity index (χ2n) is 4.85. The molecule has 5 heteroatoms. The Kier molecular flexibility index (Phi) is 3.88. The predicted octanol–water partition coefficient (Wildman–Crippen LogP) is 5.18. The van der Waals surface area contributed by atoms with Gasteiger partial charge in [-0.15, -0.1) is 0 Å². The van der Waals surface area contributed by atoms with Crippen LogP contribution in [0.4, 0.5) is 13.2 Å². The zero-order valence-corrected chi connectivity index (χ0v) is 11.6. The molecule has 1 aromatic carbocycles. The molecule has 2 rings (SSSR count). The van der Waals surface area contributed by atoms with Gasteiger partial charge in [-0.2, -0.15) is 13.2 Å². The molecule has 2 aromatic rings. The first-order valence-corrected chi connectivity index (χ1v) is 6.48. The highest BCUT2D eigenvalue weighted by atomic mass is 19.4. The third kappa shape index (κ3) is 2.86. The van der Waals surface area contributed by atoms with Crippen molar-refractivity contribution in [1.29, 1.82) is 0 Å². The van der Waals surface area contributed by atoms with Crippen LogP contribution in [0.5, 0.6) is 0 Å². The average Bonchev–Trinajstić information content (AvgIpc) is 2.79. The monoisotopic (exact) mass is 283 g/mol. The molecule has 1 heterocycles. The SMILES string of the molecule is CCC(C)c1oc(-c2ccc(C(F)(F)F)cc2)nc1C. The summed E-state index contributed by atoms with van der Waals surface area (Å²) in [5.74, 6) is 1.40. The molecule has 0 amide bonds. The number of benzene rings is 1. The summed E-state index contributed by atoms with van der Waals surface area (Å²) in [4.78, 5) is 4.29. The Morgan fingerprint density at radius 3 is 2.30 bits per heavy atom. The largest absolute Gasteiger partial charge is 0.441 e. The van der Waals surface area contributed by atoms with Gasteiger partial charge in [0, 0.05) is 11.5 Å². The highest BCUT2D eigenvalue weighted by Gasteiger charge is 2.30. The van der Waals surface area contributed by atoms with Crippen molar-refractivity contribution in [3.8, 4) is 11.5 Å². The molecule has 1 atom stereocenters. The predicted molar refractivity (Wildman–Crippen MR) is 70.4 cm³/mol. The molecular formula is C15H16F3NO. The molecule has 1 unspecified atom stereocenters. The summed E-state index contributed by atoms with van der Waals surface area (Å²) in [5, 5.41) is 0. The first-order valence-electron chi connectivity index (χ1n) is 6.48. The van der Waals surface area contributed by atoms with Crippen LogP contribution in [0.15, 0.2) is 28.7 Å². The normalized spacial score (nSPS) is 13.5. The molecular weight excluding hydrogens is 267 g/mol. The van der Waals surface area contributed by atoms with Crippen molar-refractivity contribution in [3.63, 3.8) is 0 Å². The molecule has 108 valence electrons. The molecule has 0 bridgehead atoms. The van der Waals surface area contributed by atoms with Crippen LogP contribution in [0.2, 0.25) is 0 Å². The van der Waals surface area contributed by atoms with Crippen molar-refractivity contribution in [2.24, 2.45) is 0 Å². The molecule has 0 aliphatic rings. The Morgan fingerprint density at radius 1 is 1.20 bits per heavy atom. The molecule has 20 heavy (non-hydrogen) atoms. The Balaban J connectivity index is 2.33. The minimum atomic E-state index is -4.33. The Labute approximate surface area is 115 Å². The van der Waals surface area contributed by atoms with E-state index in [1.165, 1.54) is 12.1 Å². The van der Waals surface area contributed by atoms with Crippen molar-refractivity contribution in [2.45, 2.75) is 39.3 Å². The summed E-state index contributed by atoms with van der Waals surface area (Å²) in [6.45, 7) is 5.92. The standard InChI is InChI=1S/C15H16F3NO/c1-4-9(2)13-10(3)19-14(20-13)11-5-7-12(8-6-11)15(16,17)18/h5-9H,4H2,1-3H3. The molecule has 0 saturated carbocycles. The lowest BCUT2D eigenvalue weighted by Gasteiger charge is -2.06. The number of rotatable bonds is 3. The quantitative estimate of drug-likeness (QED) is 0.775. The smallest absolute Gasteiger partial charge is 0.416 e. The van der Waals surface area contributed by atoms with Gasteiger partial charge in [0.2, 0.25) is 5.89 Å². The number of aromatic nitrogens is 1. The first-order chi connectivity index (χ1) is 9.32. The van der Waals surface area contributed by atoms with Crippen LogP contribution in [0.1, 0.15) is 43.2 Å². The van der Waals surface area contributed by atoms with E-state index in [2.05, 4.69) is 4.98 Å². The molecule has 0 spiro atoms. The van der Waals surface area contributed by atoms with Gasteiger partial charge in [-0.3, -0.25) is 0 Å². The fraction of sp³-hybridized carbons (Fsp3) is 0.400. The van der Waals surface area contributed by atoms with Gasteiger partial charge in [0.05, 0.1) is 11.3 Å². The van der Waals surface area contributed by atoms with E-state index in [1.807, 2.05) is 20.8 Å². The molecule has 0 fully saturated rings. The minimum absolute atomic E-state index is 0.241. The van der Waals surface area contributed by atoms with Gasteiger partial charge in [-0.25, -0.2) is 4.98 Å². The van der Waals surface area contributed by atoms with Gasteiger partial charge in [-0.1, -0.05) is 13.8 Å². The maximum Gasteiger partial charge on any atom is 0.416 e. The highest BCUT2D eigenvalue weighted by Crippen LogP contribution is 2.32. The number of halogens is 3. The van der Waals surface area contributed by atoms with Crippen LogP contribution in [-0.2, 0) is 6.18 Å². The van der Waals surface area contributed by atoms with E-state index in [9.17, 15) is 13.2 Å². The number of nitrogens with zero attached hydrogens (tertiary/aromatic N) is 1. The lowest BCUT2D eigenvalue weighted by molar-refractivity contribution is -0.137. The van der Waals surface area contributed by atoms with Crippen molar-refractivity contribution in [1.82, 2.24) is 4.98 Å². The third-order valence-electron chi connectivity index (χ3n) is 3.35. The van der Waals surface area contributed by atoms with Gasteiger partial charge in [0.15, 0.2) is 0 Å². The molecule has 0 saturated heterocycles. The zero-order valence-electron chi connectivity index (χ0n) is 11.6. The fourth-order valence-electron chi connectivity index (χ4n) is 1.98. The van der Waals surface area contributed by atoms with E-state index < -0.39 is 11.7 Å². The van der Waals surface area contributed by atoms with Crippen LogP contribution >= 0.6 is 0 Å². The first kappa shape index (κ1) is 14.6.